The van der Waals surface area contributed by atoms with Crippen LogP contribution in [-0.4, -0.2) is 40.1 Å². The van der Waals surface area contributed by atoms with Gasteiger partial charge in [-0.05, 0) is 31.7 Å². The van der Waals surface area contributed by atoms with Crippen molar-refractivity contribution in [3.05, 3.63) is 29.0 Å². The van der Waals surface area contributed by atoms with Gasteiger partial charge in [0.1, 0.15) is 0 Å². The number of hydrogen-bond acceptors (Lipinski definition) is 3. The van der Waals surface area contributed by atoms with E-state index < -0.39 is 0 Å². The maximum atomic E-state index is 12.2. The van der Waals surface area contributed by atoms with Crippen LogP contribution in [0.15, 0.2) is 18.5 Å². The molecule has 1 amide bonds. The van der Waals surface area contributed by atoms with Crippen LogP contribution in [0, 0.1) is 5.92 Å². The van der Waals surface area contributed by atoms with Gasteiger partial charge in [0.2, 0.25) is 0 Å². The number of carbonyl (C=O) groups is 1. The fraction of sp³-hybridized carbons (Fsp3) is 0.538. The number of halogens is 1. The van der Waals surface area contributed by atoms with Gasteiger partial charge in [0.05, 0.1) is 16.7 Å². The molecule has 1 N–H and O–H groups in total. The predicted molar refractivity (Wildman–Crippen MR) is 69.6 cm³/mol. The fourth-order valence-corrected chi connectivity index (χ4v) is 2.48. The molecule has 1 aliphatic heterocycles. The summed E-state index contributed by atoms with van der Waals surface area (Å²) < 4.78 is 0. The van der Waals surface area contributed by atoms with Gasteiger partial charge in [-0.1, -0.05) is 11.6 Å². The van der Waals surface area contributed by atoms with Gasteiger partial charge in [-0.3, -0.25) is 9.78 Å². The van der Waals surface area contributed by atoms with Crippen molar-refractivity contribution in [1.82, 2.24) is 9.88 Å². The van der Waals surface area contributed by atoms with Crippen LogP contribution in [-0.2, 0) is 0 Å². The second-order valence-electron chi connectivity index (χ2n) is 4.73. The van der Waals surface area contributed by atoms with E-state index in [1.54, 1.807) is 24.1 Å². The number of nitrogens with zero attached hydrogens (tertiary/aromatic N) is 2. The van der Waals surface area contributed by atoms with Crippen molar-refractivity contribution in [2.24, 2.45) is 5.92 Å². The molecule has 0 radical (unpaired) electrons. The number of carbonyl (C=O) groups excluding carboxylic acids is 1. The highest BCUT2D eigenvalue weighted by molar-refractivity contribution is 6.33. The molecule has 0 aromatic carbocycles. The highest BCUT2D eigenvalue weighted by Crippen LogP contribution is 2.23. The summed E-state index contributed by atoms with van der Waals surface area (Å²) in [5.41, 5.74) is 0.453. The molecule has 1 aromatic rings. The lowest BCUT2D eigenvalue weighted by atomic mass is 9.92. The number of piperidine rings is 1. The Bertz CT molecular complexity index is 429. The number of likely N-dealkylation sites (tertiary alicyclic amines) is 1. The zero-order chi connectivity index (χ0) is 13.1. The predicted octanol–water partition coefficient (Wildman–Crippen LogP) is 1.97. The Morgan fingerprint density at radius 1 is 1.56 bits per heavy atom. The third-order valence-corrected chi connectivity index (χ3v) is 3.84. The molecular weight excluding hydrogens is 252 g/mol. The fourth-order valence-electron chi connectivity index (χ4n) is 2.29. The first-order valence-corrected chi connectivity index (χ1v) is 6.54. The van der Waals surface area contributed by atoms with Crippen molar-refractivity contribution >= 4 is 17.5 Å². The molecule has 0 aliphatic carbocycles. The molecule has 1 saturated heterocycles. The van der Waals surface area contributed by atoms with E-state index in [1.165, 1.54) is 6.20 Å². The van der Waals surface area contributed by atoms with Crippen LogP contribution >= 0.6 is 11.6 Å². The average molecular weight is 269 g/mol. The highest BCUT2D eigenvalue weighted by atomic mass is 35.5. The van der Waals surface area contributed by atoms with Crippen LogP contribution in [0.5, 0.6) is 0 Å². The summed E-state index contributed by atoms with van der Waals surface area (Å²) in [5, 5.41) is 9.97. The van der Waals surface area contributed by atoms with Crippen LogP contribution in [0.4, 0.5) is 0 Å². The molecule has 0 spiro atoms. The lowest BCUT2D eigenvalue weighted by Gasteiger charge is -2.33. The van der Waals surface area contributed by atoms with Crippen LogP contribution < -0.4 is 0 Å². The van der Waals surface area contributed by atoms with Crippen molar-refractivity contribution in [1.29, 1.82) is 0 Å². The zero-order valence-corrected chi connectivity index (χ0v) is 11.1. The van der Waals surface area contributed by atoms with E-state index in [9.17, 15) is 9.90 Å². The number of aliphatic hydroxyl groups is 1. The first kappa shape index (κ1) is 13.3. The summed E-state index contributed by atoms with van der Waals surface area (Å²) in [7, 11) is 0. The van der Waals surface area contributed by atoms with Crippen molar-refractivity contribution in [3.8, 4) is 0 Å². The Kier molecular flexibility index (Phi) is 4.19. The maximum Gasteiger partial charge on any atom is 0.256 e. The minimum Gasteiger partial charge on any atom is -0.393 e. The molecular formula is C13H17ClN2O2. The summed E-state index contributed by atoms with van der Waals surface area (Å²) in [4.78, 5) is 17.9. The molecule has 1 fully saturated rings. The number of pyridine rings is 1. The number of rotatable bonds is 2. The van der Waals surface area contributed by atoms with E-state index in [2.05, 4.69) is 4.98 Å². The molecule has 1 aromatic heterocycles. The Balaban J connectivity index is 2.02. The summed E-state index contributed by atoms with van der Waals surface area (Å²) in [6.45, 7) is 3.14. The zero-order valence-electron chi connectivity index (χ0n) is 10.3. The van der Waals surface area contributed by atoms with Gasteiger partial charge >= 0.3 is 0 Å². The molecule has 1 aliphatic rings. The Hall–Kier alpha value is -1.13. The smallest absolute Gasteiger partial charge is 0.256 e. The normalized spacial score (nSPS) is 18.7. The molecule has 18 heavy (non-hydrogen) atoms. The average Bonchev–Trinajstić information content (AvgIpc) is 2.38. The van der Waals surface area contributed by atoms with Gasteiger partial charge in [0.25, 0.3) is 5.91 Å². The summed E-state index contributed by atoms with van der Waals surface area (Å²) in [6.07, 6.45) is 4.44. The highest BCUT2D eigenvalue weighted by Gasteiger charge is 2.26. The van der Waals surface area contributed by atoms with E-state index in [1.807, 2.05) is 0 Å². The minimum absolute atomic E-state index is 0.0721. The van der Waals surface area contributed by atoms with E-state index in [0.29, 0.717) is 29.6 Å². The van der Waals surface area contributed by atoms with Crippen LogP contribution in [0.2, 0.25) is 5.02 Å². The van der Waals surface area contributed by atoms with Crippen molar-refractivity contribution < 1.29 is 9.90 Å². The molecule has 2 rings (SSSR count). The molecule has 1 atom stereocenters. The first-order chi connectivity index (χ1) is 8.59. The van der Waals surface area contributed by atoms with E-state index in [4.69, 9.17) is 11.6 Å². The molecule has 0 bridgehead atoms. The second kappa shape index (κ2) is 5.67. The maximum absolute atomic E-state index is 12.2. The molecule has 1 unspecified atom stereocenters. The second-order valence-corrected chi connectivity index (χ2v) is 5.13. The van der Waals surface area contributed by atoms with Crippen LogP contribution in [0.1, 0.15) is 30.1 Å². The number of hydrogen-bond donors (Lipinski definition) is 1. The van der Waals surface area contributed by atoms with Crippen molar-refractivity contribution in [2.75, 3.05) is 13.1 Å². The van der Waals surface area contributed by atoms with Gasteiger partial charge in [-0.2, -0.15) is 0 Å². The number of aliphatic hydroxyl groups excluding tert-OH is 1. The minimum atomic E-state index is -0.302. The van der Waals surface area contributed by atoms with E-state index in [0.717, 1.165) is 12.8 Å². The third-order valence-electron chi connectivity index (χ3n) is 3.51. The van der Waals surface area contributed by atoms with Gasteiger partial charge in [0, 0.05) is 25.5 Å². The molecule has 2 heterocycles. The Labute approximate surface area is 112 Å². The van der Waals surface area contributed by atoms with Crippen molar-refractivity contribution in [2.45, 2.75) is 25.9 Å². The molecule has 0 saturated carbocycles. The van der Waals surface area contributed by atoms with Gasteiger partial charge in [-0.15, -0.1) is 0 Å². The Morgan fingerprint density at radius 2 is 2.22 bits per heavy atom. The van der Waals surface area contributed by atoms with Gasteiger partial charge in [-0.25, -0.2) is 0 Å². The van der Waals surface area contributed by atoms with Crippen molar-refractivity contribution in [3.63, 3.8) is 0 Å². The third kappa shape index (κ3) is 2.82. The quantitative estimate of drug-likeness (QED) is 0.892. The summed E-state index contributed by atoms with van der Waals surface area (Å²) >= 11 is 5.99. The Morgan fingerprint density at radius 3 is 2.78 bits per heavy atom. The lowest BCUT2D eigenvalue weighted by molar-refractivity contribution is 0.0521. The monoisotopic (exact) mass is 268 g/mol. The lowest BCUT2D eigenvalue weighted by Crippen LogP contribution is -2.40. The molecule has 4 nitrogen and oxygen atoms in total. The summed E-state index contributed by atoms with van der Waals surface area (Å²) in [6, 6.07) is 1.62. The molecule has 98 valence electrons. The van der Waals surface area contributed by atoms with E-state index in [-0.39, 0.29) is 12.0 Å². The first-order valence-electron chi connectivity index (χ1n) is 6.16. The summed E-state index contributed by atoms with van der Waals surface area (Å²) in [5.74, 6) is 0.218. The number of amides is 1. The molecule has 5 heteroatoms. The van der Waals surface area contributed by atoms with E-state index >= 15 is 0 Å². The van der Waals surface area contributed by atoms with Gasteiger partial charge in [0.15, 0.2) is 0 Å². The van der Waals surface area contributed by atoms with Gasteiger partial charge < -0.3 is 10.0 Å². The van der Waals surface area contributed by atoms with Crippen LogP contribution in [0.3, 0.4) is 0 Å². The standard InChI is InChI=1S/C13H17ClN2O2/c1-9(17)10-3-6-16(7-4-10)13(18)11-8-15-5-2-12(11)14/h2,5,8-10,17H,3-4,6-7H2,1H3. The number of aromatic nitrogens is 1. The largest absolute Gasteiger partial charge is 0.393 e. The van der Waals surface area contributed by atoms with Crippen LogP contribution in [0.25, 0.3) is 0 Å². The topological polar surface area (TPSA) is 53.4 Å². The SMILES string of the molecule is CC(O)C1CCN(C(=O)c2cnccc2Cl)CC1.